The predicted molar refractivity (Wildman–Crippen MR) is 125 cm³/mol. The lowest BCUT2D eigenvalue weighted by molar-refractivity contribution is 0.0529. The first-order valence-corrected chi connectivity index (χ1v) is 9.69. The van der Waals surface area contributed by atoms with Gasteiger partial charge in [0.15, 0.2) is 5.96 Å². The van der Waals surface area contributed by atoms with Gasteiger partial charge in [-0.1, -0.05) is 6.07 Å². The van der Waals surface area contributed by atoms with E-state index in [1.807, 2.05) is 18.3 Å². The van der Waals surface area contributed by atoms with Gasteiger partial charge in [-0.3, -0.25) is 0 Å². The Hall–Kier alpha value is -1.81. The van der Waals surface area contributed by atoms with Crippen LogP contribution in [0.5, 0.6) is 0 Å². The highest BCUT2D eigenvalue weighted by Crippen LogP contribution is 2.15. The van der Waals surface area contributed by atoms with Crippen LogP contribution in [0.2, 0.25) is 0 Å². The molecule has 1 aliphatic heterocycles. The van der Waals surface area contributed by atoms with Crippen molar-refractivity contribution >= 4 is 35.8 Å². The molecule has 2 aromatic heterocycles. The van der Waals surface area contributed by atoms with Gasteiger partial charge in [-0.25, -0.2) is 9.98 Å². The van der Waals surface area contributed by atoms with Gasteiger partial charge in [0.05, 0.1) is 19.3 Å². The third-order valence-electron chi connectivity index (χ3n) is 4.47. The molecular weight excluding hydrogens is 467 g/mol. The van der Waals surface area contributed by atoms with Crippen LogP contribution < -0.4 is 15.5 Å². The number of anilines is 1. The summed E-state index contributed by atoms with van der Waals surface area (Å²) in [4.78, 5) is 11.6. The fraction of sp³-hybridized carbons (Fsp3) is 0.500. The van der Waals surface area contributed by atoms with Crippen LogP contribution in [0.15, 0.2) is 47.8 Å². The van der Waals surface area contributed by atoms with Gasteiger partial charge in [0, 0.05) is 51.3 Å². The summed E-state index contributed by atoms with van der Waals surface area (Å²) in [5, 5.41) is 6.66. The number of aromatic nitrogens is 2. The fourth-order valence-corrected chi connectivity index (χ4v) is 3.06. The van der Waals surface area contributed by atoms with Crippen LogP contribution in [-0.2, 0) is 17.8 Å². The molecule has 1 fully saturated rings. The molecule has 0 spiro atoms. The number of nitrogens with one attached hydrogen (secondary N) is 2. The normalized spacial score (nSPS) is 17.1. The van der Waals surface area contributed by atoms with E-state index in [0.29, 0.717) is 6.54 Å². The molecule has 1 atom stereocenters. The van der Waals surface area contributed by atoms with Crippen molar-refractivity contribution in [1.82, 2.24) is 20.2 Å². The molecule has 7 nitrogen and oxygen atoms in total. The second kappa shape index (κ2) is 11.9. The molecule has 1 unspecified atom stereocenters. The van der Waals surface area contributed by atoms with Crippen molar-refractivity contribution in [2.75, 3.05) is 37.7 Å². The molecule has 8 heteroatoms. The molecule has 154 valence electrons. The van der Waals surface area contributed by atoms with E-state index in [0.717, 1.165) is 56.7 Å². The van der Waals surface area contributed by atoms with Crippen molar-refractivity contribution in [3.05, 3.63) is 48.4 Å². The van der Waals surface area contributed by atoms with Crippen LogP contribution in [0.1, 0.15) is 19.4 Å². The van der Waals surface area contributed by atoms with Gasteiger partial charge in [-0.15, -0.1) is 24.0 Å². The Kier molecular flexibility index (Phi) is 9.56. The Morgan fingerprint density at radius 3 is 2.79 bits per heavy atom. The molecule has 0 bridgehead atoms. The lowest BCUT2D eigenvalue weighted by atomic mass is 10.2. The highest BCUT2D eigenvalue weighted by atomic mass is 127. The minimum atomic E-state index is 0. The average Bonchev–Trinajstić information content (AvgIpc) is 3.20. The number of halogens is 1. The summed E-state index contributed by atoms with van der Waals surface area (Å²) in [7, 11) is 0. The van der Waals surface area contributed by atoms with Crippen molar-refractivity contribution < 1.29 is 4.74 Å². The molecule has 0 amide bonds. The Morgan fingerprint density at radius 1 is 1.29 bits per heavy atom. The Bertz CT molecular complexity index is 704. The second-order valence-electron chi connectivity index (χ2n) is 6.69. The van der Waals surface area contributed by atoms with Crippen LogP contribution in [-0.4, -0.2) is 54.4 Å². The number of ether oxygens (including phenoxy) is 1. The molecule has 0 aliphatic carbocycles. The Labute approximate surface area is 184 Å². The summed E-state index contributed by atoms with van der Waals surface area (Å²) in [6.45, 7) is 9.89. The quantitative estimate of drug-likeness (QED) is 0.349. The summed E-state index contributed by atoms with van der Waals surface area (Å²) in [5.74, 6) is 1.84. The van der Waals surface area contributed by atoms with Gasteiger partial charge in [0.1, 0.15) is 5.82 Å². The summed E-state index contributed by atoms with van der Waals surface area (Å²) in [6.07, 6.45) is 6.30. The van der Waals surface area contributed by atoms with Crippen LogP contribution in [0, 0.1) is 0 Å². The first-order chi connectivity index (χ1) is 13.2. The molecular formula is C20H31IN6O. The summed E-state index contributed by atoms with van der Waals surface area (Å²) >= 11 is 0. The molecule has 0 saturated carbocycles. The minimum absolute atomic E-state index is 0. The first-order valence-electron chi connectivity index (χ1n) is 9.69. The molecule has 1 saturated heterocycles. The van der Waals surface area contributed by atoms with Gasteiger partial charge in [0.25, 0.3) is 0 Å². The zero-order valence-electron chi connectivity index (χ0n) is 16.7. The standard InChI is InChI=1S/C20H30N6O.HI/c1-3-21-20(22-8-11-25-9-4-5-10-25)24-15-18-6-7-19(23-14-18)26-12-13-27-17(2)16-26;/h4-7,9-10,14,17H,3,8,11-13,15-16H2,1-2H3,(H2,21,22,24);1H. The van der Waals surface area contributed by atoms with Crippen LogP contribution in [0.25, 0.3) is 0 Å². The van der Waals surface area contributed by atoms with Gasteiger partial charge in [-0.2, -0.15) is 0 Å². The minimum Gasteiger partial charge on any atom is -0.375 e. The molecule has 1 aliphatic rings. The third kappa shape index (κ3) is 6.97. The number of pyridine rings is 1. The van der Waals surface area contributed by atoms with Crippen molar-refractivity contribution in [3.63, 3.8) is 0 Å². The molecule has 3 rings (SSSR count). The molecule has 0 radical (unpaired) electrons. The zero-order valence-corrected chi connectivity index (χ0v) is 19.0. The van der Waals surface area contributed by atoms with Crippen molar-refractivity contribution in [1.29, 1.82) is 0 Å². The van der Waals surface area contributed by atoms with Gasteiger partial charge in [-0.05, 0) is 37.6 Å². The monoisotopic (exact) mass is 498 g/mol. The van der Waals surface area contributed by atoms with Gasteiger partial charge in [0.2, 0.25) is 0 Å². The van der Waals surface area contributed by atoms with Gasteiger partial charge < -0.3 is 24.8 Å². The molecule has 2 N–H and O–H groups in total. The zero-order chi connectivity index (χ0) is 18.9. The third-order valence-corrected chi connectivity index (χ3v) is 4.47. The van der Waals surface area contributed by atoms with Crippen molar-refractivity contribution in [2.45, 2.75) is 33.0 Å². The van der Waals surface area contributed by atoms with E-state index in [2.05, 4.69) is 68.5 Å². The van der Waals surface area contributed by atoms with Crippen LogP contribution in [0.3, 0.4) is 0 Å². The van der Waals surface area contributed by atoms with E-state index in [4.69, 9.17) is 4.74 Å². The van der Waals surface area contributed by atoms with Gasteiger partial charge >= 0.3 is 0 Å². The maximum absolute atomic E-state index is 5.59. The van der Waals surface area contributed by atoms with E-state index in [9.17, 15) is 0 Å². The number of nitrogens with zero attached hydrogens (tertiary/aromatic N) is 4. The first kappa shape index (κ1) is 22.5. The Morgan fingerprint density at radius 2 is 2.11 bits per heavy atom. The topological polar surface area (TPSA) is 66.7 Å². The molecule has 0 aromatic carbocycles. The van der Waals surface area contributed by atoms with Crippen molar-refractivity contribution in [2.24, 2.45) is 4.99 Å². The maximum atomic E-state index is 5.59. The summed E-state index contributed by atoms with van der Waals surface area (Å²) < 4.78 is 7.74. The average molecular weight is 498 g/mol. The predicted octanol–water partition coefficient (Wildman–Crippen LogP) is 2.48. The lowest BCUT2D eigenvalue weighted by Crippen LogP contribution is -2.41. The number of guanidine groups is 1. The summed E-state index contributed by atoms with van der Waals surface area (Å²) in [6, 6.07) is 8.26. The van der Waals surface area contributed by atoms with Crippen LogP contribution >= 0.6 is 24.0 Å². The number of aliphatic imine (C=N–C) groups is 1. The largest absolute Gasteiger partial charge is 0.375 e. The van der Waals surface area contributed by atoms with E-state index >= 15 is 0 Å². The van der Waals surface area contributed by atoms with E-state index < -0.39 is 0 Å². The number of hydrogen-bond acceptors (Lipinski definition) is 4. The maximum Gasteiger partial charge on any atom is 0.191 e. The van der Waals surface area contributed by atoms with Crippen molar-refractivity contribution in [3.8, 4) is 0 Å². The number of rotatable bonds is 7. The number of morpholine rings is 1. The Balaban J connectivity index is 0.00000280. The smallest absolute Gasteiger partial charge is 0.191 e. The number of hydrogen-bond donors (Lipinski definition) is 2. The highest BCUT2D eigenvalue weighted by Gasteiger charge is 2.17. The highest BCUT2D eigenvalue weighted by molar-refractivity contribution is 14.0. The molecule has 2 aromatic rings. The lowest BCUT2D eigenvalue weighted by Gasteiger charge is -2.32. The molecule has 3 heterocycles. The summed E-state index contributed by atoms with van der Waals surface area (Å²) in [5.41, 5.74) is 1.10. The van der Waals surface area contributed by atoms with E-state index in [-0.39, 0.29) is 30.1 Å². The second-order valence-corrected chi connectivity index (χ2v) is 6.69. The van der Waals surface area contributed by atoms with E-state index in [1.165, 1.54) is 0 Å². The molecule has 28 heavy (non-hydrogen) atoms. The van der Waals surface area contributed by atoms with E-state index in [1.54, 1.807) is 0 Å². The van der Waals surface area contributed by atoms with Crippen LogP contribution in [0.4, 0.5) is 5.82 Å². The fourth-order valence-electron chi connectivity index (χ4n) is 3.06. The SMILES string of the molecule is CCNC(=NCc1ccc(N2CCOC(C)C2)nc1)NCCn1cccc1.I.